The van der Waals surface area contributed by atoms with Gasteiger partial charge in [-0.25, -0.2) is 14.8 Å². The third-order valence-electron chi connectivity index (χ3n) is 7.21. The van der Waals surface area contributed by atoms with Crippen LogP contribution in [-0.2, 0) is 5.54 Å². The lowest BCUT2D eigenvalue weighted by molar-refractivity contribution is -0.0617. The van der Waals surface area contributed by atoms with Crippen molar-refractivity contribution in [1.82, 2.24) is 20.2 Å². The normalized spacial score (nSPS) is 25.6. The van der Waals surface area contributed by atoms with Gasteiger partial charge in [-0.2, -0.15) is 0 Å². The molecule has 2 aromatic rings. The van der Waals surface area contributed by atoms with Crippen molar-refractivity contribution in [3.05, 3.63) is 23.8 Å². The summed E-state index contributed by atoms with van der Waals surface area (Å²) in [5.74, 6) is 0.204. The van der Waals surface area contributed by atoms with Gasteiger partial charge in [0, 0.05) is 12.6 Å². The van der Waals surface area contributed by atoms with Gasteiger partial charge >= 0.3 is 6.09 Å². The van der Waals surface area contributed by atoms with Gasteiger partial charge in [0.2, 0.25) is 0 Å². The number of likely N-dealkylation sites (tertiary alicyclic amines) is 1. The number of furan rings is 1. The Hall–Kier alpha value is -2.68. The monoisotopic (exact) mass is 429 g/mol. The Morgan fingerprint density at radius 3 is 2.55 bits per heavy atom. The second kappa shape index (κ2) is 7.78. The van der Waals surface area contributed by atoms with E-state index in [-0.39, 0.29) is 5.76 Å². The number of hydrogen-bond donors (Lipinski definition) is 3. The number of rotatable bonds is 3. The molecule has 2 saturated heterocycles. The van der Waals surface area contributed by atoms with Crippen molar-refractivity contribution < 1.29 is 19.1 Å². The van der Waals surface area contributed by atoms with Crippen molar-refractivity contribution in [1.29, 1.82) is 0 Å². The summed E-state index contributed by atoms with van der Waals surface area (Å²) in [6.45, 7) is 8.53. The van der Waals surface area contributed by atoms with E-state index in [1.54, 1.807) is 0 Å². The first-order chi connectivity index (χ1) is 14.6. The lowest BCUT2D eigenvalue weighted by Crippen LogP contribution is -2.61. The highest BCUT2D eigenvalue weighted by Crippen LogP contribution is 2.54. The van der Waals surface area contributed by atoms with Crippen molar-refractivity contribution in [2.45, 2.75) is 52.0 Å². The van der Waals surface area contributed by atoms with E-state index in [9.17, 15) is 14.7 Å². The van der Waals surface area contributed by atoms with E-state index in [1.165, 1.54) is 17.3 Å². The van der Waals surface area contributed by atoms with Crippen molar-refractivity contribution in [2.75, 3.05) is 19.6 Å². The average Bonchev–Trinajstić information content (AvgIpc) is 3.18. The minimum atomic E-state index is -0.980. The summed E-state index contributed by atoms with van der Waals surface area (Å²) in [5, 5.41) is 13.6. The lowest BCUT2D eigenvalue weighted by Gasteiger charge is -2.56. The van der Waals surface area contributed by atoms with Crippen LogP contribution in [0.4, 0.5) is 4.79 Å². The van der Waals surface area contributed by atoms with Crippen LogP contribution in [0.2, 0.25) is 0 Å². The molecule has 0 aromatic carbocycles. The second-order valence-corrected chi connectivity index (χ2v) is 9.80. The van der Waals surface area contributed by atoms with E-state index in [2.05, 4.69) is 15.3 Å². The maximum atomic E-state index is 12.5. The summed E-state index contributed by atoms with van der Waals surface area (Å²) < 4.78 is 5.81. The van der Waals surface area contributed by atoms with Gasteiger partial charge in [0.1, 0.15) is 17.5 Å². The Labute approximate surface area is 181 Å². The van der Waals surface area contributed by atoms with Gasteiger partial charge in [-0.3, -0.25) is 9.69 Å². The van der Waals surface area contributed by atoms with Crippen LogP contribution in [0.3, 0.4) is 0 Å². The van der Waals surface area contributed by atoms with Gasteiger partial charge in [-0.1, -0.05) is 20.8 Å². The van der Waals surface area contributed by atoms with Gasteiger partial charge in [0.25, 0.3) is 5.91 Å². The van der Waals surface area contributed by atoms with Crippen molar-refractivity contribution in [3.8, 4) is 0 Å². The highest BCUT2D eigenvalue weighted by molar-refractivity contribution is 5.94. The number of amides is 2. The van der Waals surface area contributed by atoms with E-state index in [1.807, 2.05) is 20.8 Å². The smallest absolute Gasteiger partial charge is 0.408 e. The van der Waals surface area contributed by atoms with Crippen molar-refractivity contribution in [3.63, 3.8) is 0 Å². The summed E-state index contributed by atoms with van der Waals surface area (Å²) in [6.07, 6.45) is 4.08. The largest absolute Gasteiger partial charge is 0.465 e. The van der Waals surface area contributed by atoms with Crippen LogP contribution in [0, 0.1) is 17.3 Å². The molecule has 168 valence electrons. The molecule has 0 spiro atoms. The van der Waals surface area contributed by atoms with Crippen LogP contribution in [-0.4, -0.2) is 51.6 Å². The molecule has 2 aliphatic heterocycles. The van der Waals surface area contributed by atoms with Gasteiger partial charge < -0.3 is 20.6 Å². The zero-order valence-electron chi connectivity index (χ0n) is 18.4. The van der Waals surface area contributed by atoms with E-state index in [4.69, 9.17) is 10.2 Å². The van der Waals surface area contributed by atoms with Crippen molar-refractivity contribution >= 4 is 23.1 Å². The van der Waals surface area contributed by atoms with Crippen molar-refractivity contribution in [2.24, 2.45) is 23.0 Å². The topological polar surface area (TPSA) is 135 Å². The molecule has 2 fully saturated rings. The fourth-order valence-corrected chi connectivity index (χ4v) is 5.62. The molecule has 9 heteroatoms. The quantitative estimate of drug-likeness (QED) is 0.683. The van der Waals surface area contributed by atoms with Crippen LogP contribution in [0.15, 0.2) is 16.8 Å². The molecule has 0 saturated carbocycles. The highest BCUT2D eigenvalue weighted by Gasteiger charge is 2.56. The van der Waals surface area contributed by atoms with E-state index in [0.717, 1.165) is 32.4 Å². The lowest BCUT2D eigenvalue weighted by atomic mass is 9.61. The minimum Gasteiger partial charge on any atom is -0.465 e. The number of nitrogens with one attached hydrogen (secondary N) is 1. The van der Waals surface area contributed by atoms with E-state index >= 15 is 0 Å². The summed E-state index contributed by atoms with van der Waals surface area (Å²) in [6, 6.07) is 1.50. The second-order valence-electron chi connectivity index (χ2n) is 9.80. The molecule has 2 amide bonds. The maximum absolute atomic E-state index is 12.5. The number of nitrogens with two attached hydrogens (primary N) is 1. The zero-order chi connectivity index (χ0) is 22.4. The molecule has 31 heavy (non-hydrogen) atoms. The summed E-state index contributed by atoms with van der Waals surface area (Å²) in [7, 11) is 0. The fraction of sp³-hybridized carbons (Fsp3) is 0.636. The Kier molecular flexibility index (Phi) is 5.41. The third kappa shape index (κ3) is 3.54. The Balaban J connectivity index is 1.91. The summed E-state index contributed by atoms with van der Waals surface area (Å²) >= 11 is 0. The average molecular weight is 430 g/mol. The molecule has 0 aliphatic carbocycles. The van der Waals surface area contributed by atoms with Crippen LogP contribution < -0.4 is 11.1 Å². The Morgan fingerprint density at radius 1 is 1.23 bits per heavy atom. The first-order valence-electron chi connectivity index (χ1n) is 10.9. The molecule has 2 aliphatic rings. The van der Waals surface area contributed by atoms with E-state index < -0.39 is 23.0 Å². The van der Waals surface area contributed by atoms with Crippen LogP contribution in [0.1, 0.15) is 62.7 Å². The maximum Gasteiger partial charge on any atom is 0.408 e. The number of fused-ring (bicyclic) bond motifs is 1. The molecule has 2 atom stereocenters. The Bertz CT molecular complexity index is 991. The number of piperidine rings is 2. The standard InChI is InChI=1S/C22H31N5O4/c1-21(2,3)22(18-17-15(25-12-26-18)10-16(31-17)19(23)28)11-14(6-9-27(22)20(29)30)13-4-7-24-8-5-13/h10,12-14,24H,4-9,11H2,1-3H3,(H2,23,28)(H,29,30). The fourth-order valence-electron chi connectivity index (χ4n) is 5.62. The molecule has 4 N–H and O–H groups in total. The molecule has 4 heterocycles. The molecule has 2 unspecified atom stereocenters. The molecule has 0 radical (unpaired) electrons. The number of nitrogens with zero attached hydrogens (tertiary/aromatic N) is 3. The van der Waals surface area contributed by atoms with Crippen LogP contribution in [0.25, 0.3) is 11.1 Å². The minimum absolute atomic E-state index is 0.00611. The first-order valence-corrected chi connectivity index (χ1v) is 10.9. The predicted octanol–water partition coefficient (Wildman–Crippen LogP) is 2.95. The number of hydrogen-bond acceptors (Lipinski definition) is 6. The molecule has 0 bridgehead atoms. The number of carboxylic acid groups (broad SMARTS) is 1. The highest BCUT2D eigenvalue weighted by atomic mass is 16.4. The molecule has 2 aromatic heterocycles. The molecule has 4 rings (SSSR count). The van der Waals surface area contributed by atoms with Gasteiger partial charge in [-0.05, 0) is 56.0 Å². The molecular weight excluding hydrogens is 398 g/mol. The molecule has 9 nitrogen and oxygen atoms in total. The number of carbonyl (C=O) groups excluding carboxylic acids is 1. The Morgan fingerprint density at radius 2 is 1.94 bits per heavy atom. The van der Waals surface area contributed by atoms with Gasteiger partial charge in [0.15, 0.2) is 11.3 Å². The number of primary amides is 1. The number of carbonyl (C=O) groups is 2. The van der Waals surface area contributed by atoms with Crippen LogP contribution >= 0.6 is 0 Å². The predicted molar refractivity (Wildman–Crippen MR) is 115 cm³/mol. The third-order valence-corrected chi connectivity index (χ3v) is 7.21. The first kappa shape index (κ1) is 21.5. The summed E-state index contributed by atoms with van der Waals surface area (Å²) in [5.41, 5.74) is 5.31. The van der Waals surface area contributed by atoms with Crippen LogP contribution in [0.5, 0.6) is 0 Å². The molecular formula is C22H31N5O4. The van der Waals surface area contributed by atoms with Gasteiger partial charge in [0.05, 0.1) is 5.54 Å². The SMILES string of the molecule is CC(C)(C)C1(c2ncnc3cc(C(N)=O)oc23)CC(C2CCNCC2)CCN1C(=O)O. The number of aromatic nitrogens is 2. The zero-order valence-corrected chi connectivity index (χ0v) is 18.4. The summed E-state index contributed by atoms with van der Waals surface area (Å²) in [4.78, 5) is 34.6. The van der Waals surface area contributed by atoms with Gasteiger partial charge in [-0.15, -0.1) is 0 Å². The van der Waals surface area contributed by atoms with E-state index in [0.29, 0.717) is 41.6 Å².